The Kier molecular flexibility index (Phi) is 4.95. The van der Waals surface area contributed by atoms with Gasteiger partial charge in [-0.05, 0) is 50.5 Å². The largest absolute Gasteiger partial charge is 0.481 e. The van der Waals surface area contributed by atoms with Gasteiger partial charge in [0.1, 0.15) is 5.75 Å². The summed E-state index contributed by atoms with van der Waals surface area (Å²) in [7, 11) is 0. The van der Waals surface area contributed by atoms with Crippen molar-refractivity contribution >= 4 is 5.91 Å². The topological polar surface area (TPSA) is 38.3 Å². The predicted octanol–water partition coefficient (Wildman–Crippen LogP) is 2.68. The van der Waals surface area contributed by atoms with Crippen LogP contribution in [0.25, 0.3) is 0 Å². The molecule has 1 atom stereocenters. The maximum Gasteiger partial charge on any atom is 0.261 e. The minimum Gasteiger partial charge on any atom is -0.481 e. The van der Waals surface area contributed by atoms with E-state index in [-0.39, 0.29) is 5.91 Å². The molecule has 0 aliphatic heterocycles. The summed E-state index contributed by atoms with van der Waals surface area (Å²) in [4.78, 5) is 11.7. The maximum absolute atomic E-state index is 11.7. The smallest absolute Gasteiger partial charge is 0.261 e. The number of hydrogen-bond acceptors (Lipinski definition) is 2. The van der Waals surface area contributed by atoms with Gasteiger partial charge in [0.2, 0.25) is 0 Å². The lowest BCUT2D eigenvalue weighted by atomic mass is 10.1. The van der Waals surface area contributed by atoms with Crippen molar-refractivity contribution in [1.29, 1.82) is 0 Å². The van der Waals surface area contributed by atoms with Crippen molar-refractivity contribution in [2.24, 2.45) is 0 Å². The van der Waals surface area contributed by atoms with E-state index in [4.69, 9.17) is 4.74 Å². The third kappa shape index (κ3) is 3.62. The summed E-state index contributed by atoms with van der Waals surface area (Å²) in [6, 6.07) is 4.06. The molecular formula is C15H21NO2. The minimum atomic E-state index is -0.509. The van der Waals surface area contributed by atoms with E-state index in [2.05, 4.69) is 18.0 Å². The van der Waals surface area contributed by atoms with Gasteiger partial charge in [0, 0.05) is 6.54 Å². The van der Waals surface area contributed by atoms with E-state index in [1.54, 1.807) is 13.0 Å². The highest BCUT2D eigenvalue weighted by atomic mass is 16.5. The minimum absolute atomic E-state index is 0.131. The Morgan fingerprint density at radius 3 is 2.72 bits per heavy atom. The number of carbonyl (C=O) groups is 1. The average Bonchev–Trinajstić information content (AvgIpc) is 2.32. The molecule has 0 saturated carbocycles. The van der Waals surface area contributed by atoms with Crippen molar-refractivity contribution in [1.82, 2.24) is 5.32 Å². The fraction of sp³-hybridized carbons (Fsp3) is 0.400. The number of ether oxygens (including phenoxy) is 1. The van der Waals surface area contributed by atoms with E-state index in [9.17, 15) is 4.79 Å². The van der Waals surface area contributed by atoms with Crippen LogP contribution in [-0.2, 0) is 4.79 Å². The number of carbonyl (C=O) groups excluding carboxylic acids is 1. The van der Waals surface area contributed by atoms with Crippen molar-refractivity contribution in [2.45, 2.75) is 33.8 Å². The molecule has 1 aromatic rings. The lowest BCUT2D eigenvalue weighted by Crippen LogP contribution is -2.36. The van der Waals surface area contributed by atoms with Gasteiger partial charge in [-0.1, -0.05) is 12.1 Å². The van der Waals surface area contributed by atoms with Gasteiger partial charge in [0.05, 0.1) is 0 Å². The molecule has 0 aromatic heterocycles. The average molecular weight is 247 g/mol. The maximum atomic E-state index is 11.7. The SMILES string of the molecule is C=CCNC(=O)[C@H](C)Oc1cc(C)cc(C)c1C. The predicted molar refractivity (Wildman–Crippen MR) is 73.9 cm³/mol. The quantitative estimate of drug-likeness (QED) is 0.812. The molecule has 98 valence electrons. The van der Waals surface area contributed by atoms with E-state index < -0.39 is 6.10 Å². The van der Waals surface area contributed by atoms with Gasteiger partial charge in [0.25, 0.3) is 5.91 Å². The third-order valence-corrected chi connectivity index (χ3v) is 2.86. The molecule has 0 spiro atoms. The summed E-state index contributed by atoms with van der Waals surface area (Å²) < 4.78 is 5.72. The Morgan fingerprint density at radius 1 is 1.44 bits per heavy atom. The molecule has 0 bridgehead atoms. The summed E-state index contributed by atoms with van der Waals surface area (Å²) in [5.74, 6) is 0.641. The van der Waals surface area contributed by atoms with Gasteiger partial charge in [-0.2, -0.15) is 0 Å². The van der Waals surface area contributed by atoms with E-state index in [0.717, 1.165) is 16.9 Å². The molecule has 0 saturated heterocycles. The molecule has 1 N–H and O–H groups in total. The summed E-state index contributed by atoms with van der Waals surface area (Å²) in [5.41, 5.74) is 3.37. The van der Waals surface area contributed by atoms with Crippen LogP contribution in [0.15, 0.2) is 24.8 Å². The molecule has 3 nitrogen and oxygen atoms in total. The summed E-state index contributed by atoms with van der Waals surface area (Å²) in [5, 5.41) is 2.72. The van der Waals surface area contributed by atoms with Gasteiger partial charge < -0.3 is 10.1 Å². The van der Waals surface area contributed by atoms with E-state index >= 15 is 0 Å². The second-order valence-corrected chi connectivity index (χ2v) is 4.50. The van der Waals surface area contributed by atoms with Crippen LogP contribution in [0.5, 0.6) is 5.75 Å². The van der Waals surface area contributed by atoms with E-state index in [1.165, 1.54) is 5.56 Å². The van der Waals surface area contributed by atoms with Crippen LogP contribution >= 0.6 is 0 Å². The molecular weight excluding hydrogens is 226 g/mol. The molecule has 0 fully saturated rings. The van der Waals surface area contributed by atoms with Crippen LogP contribution in [0.1, 0.15) is 23.6 Å². The van der Waals surface area contributed by atoms with E-state index in [1.807, 2.05) is 26.8 Å². The first kappa shape index (κ1) is 14.3. The van der Waals surface area contributed by atoms with Crippen LogP contribution < -0.4 is 10.1 Å². The molecule has 0 heterocycles. The number of benzene rings is 1. The number of amides is 1. The van der Waals surface area contributed by atoms with Gasteiger partial charge in [-0.3, -0.25) is 4.79 Å². The Hall–Kier alpha value is -1.77. The molecule has 1 aromatic carbocycles. The molecule has 1 rings (SSSR count). The Bertz CT molecular complexity index is 452. The number of hydrogen-bond donors (Lipinski definition) is 1. The van der Waals surface area contributed by atoms with Crippen molar-refractivity contribution in [3.05, 3.63) is 41.5 Å². The number of rotatable bonds is 5. The third-order valence-electron chi connectivity index (χ3n) is 2.86. The molecule has 0 unspecified atom stereocenters. The summed E-state index contributed by atoms with van der Waals surface area (Å²) in [6.45, 7) is 11.8. The summed E-state index contributed by atoms with van der Waals surface area (Å²) in [6.07, 6.45) is 1.14. The monoisotopic (exact) mass is 247 g/mol. The van der Waals surface area contributed by atoms with Crippen molar-refractivity contribution in [3.63, 3.8) is 0 Å². The van der Waals surface area contributed by atoms with Crippen molar-refractivity contribution < 1.29 is 9.53 Å². The lowest BCUT2D eigenvalue weighted by Gasteiger charge is -2.17. The van der Waals surface area contributed by atoms with Gasteiger partial charge in [-0.25, -0.2) is 0 Å². The molecule has 1 amide bonds. The second kappa shape index (κ2) is 6.24. The Balaban J connectivity index is 2.78. The van der Waals surface area contributed by atoms with Crippen molar-refractivity contribution in [2.75, 3.05) is 6.54 Å². The molecule has 0 radical (unpaired) electrons. The Morgan fingerprint density at radius 2 is 2.11 bits per heavy atom. The van der Waals surface area contributed by atoms with Crippen molar-refractivity contribution in [3.8, 4) is 5.75 Å². The second-order valence-electron chi connectivity index (χ2n) is 4.50. The first-order valence-corrected chi connectivity index (χ1v) is 6.08. The van der Waals surface area contributed by atoms with Crippen LogP contribution in [0, 0.1) is 20.8 Å². The molecule has 18 heavy (non-hydrogen) atoms. The van der Waals surface area contributed by atoms with Gasteiger partial charge in [-0.15, -0.1) is 6.58 Å². The highest BCUT2D eigenvalue weighted by Crippen LogP contribution is 2.24. The highest BCUT2D eigenvalue weighted by Gasteiger charge is 2.15. The molecule has 0 aliphatic carbocycles. The number of aryl methyl sites for hydroxylation is 2. The highest BCUT2D eigenvalue weighted by molar-refractivity contribution is 5.80. The number of nitrogens with one attached hydrogen (secondary N) is 1. The lowest BCUT2D eigenvalue weighted by molar-refractivity contribution is -0.127. The zero-order chi connectivity index (χ0) is 13.7. The fourth-order valence-corrected chi connectivity index (χ4v) is 1.68. The Labute approximate surface area is 109 Å². The first-order chi connectivity index (χ1) is 8.45. The normalized spacial score (nSPS) is 11.8. The van der Waals surface area contributed by atoms with E-state index in [0.29, 0.717) is 6.54 Å². The molecule has 0 aliphatic rings. The van der Waals surface area contributed by atoms with Crippen LogP contribution in [-0.4, -0.2) is 18.6 Å². The standard InChI is InChI=1S/C15H21NO2/c1-6-7-16-15(17)13(5)18-14-9-10(2)8-11(3)12(14)4/h6,8-9,13H,1,7H2,2-5H3,(H,16,17)/t13-/m0/s1. The van der Waals surface area contributed by atoms with Crippen LogP contribution in [0.2, 0.25) is 0 Å². The van der Waals surface area contributed by atoms with Gasteiger partial charge >= 0.3 is 0 Å². The zero-order valence-electron chi connectivity index (χ0n) is 11.5. The van der Waals surface area contributed by atoms with Crippen LogP contribution in [0.4, 0.5) is 0 Å². The summed E-state index contributed by atoms with van der Waals surface area (Å²) >= 11 is 0. The van der Waals surface area contributed by atoms with Gasteiger partial charge in [0.15, 0.2) is 6.10 Å². The molecule has 3 heteroatoms. The fourth-order valence-electron chi connectivity index (χ4n) is 1.68. The van der Waals surface area contributed by atoms with Crippen LogP contribution in [0.3, 0.4) is 0 Å². The first-order valence-electron chi connectivity index (χ1n) is 6.08. The zero-order valence-corrected chi connectivity index (χ0v) is 11.5.